The van der Waals surface area contributed by atoms with Crippen molar-refractivity contribution < 1.29 is 9.53 Å². The van der Waals surface area contributed by atoms with Gasteiger partial charge in [0, 0.05) is 46.4 Å². The second-order valence-corrected chi connectivity index (χ2v) is 5.88. The molecule has 0 radical (unpaired) electrons. The van der Waals surface area contributed by atoms with E-state index in [4.69, 9.17) is 4.74 Å². The van der Waals surface area contributed by atoms with E-state index in [1.807, 2.05) is 0 Å². The van der Waals surface area contributed by atoms with Crippen molar-refractivity contribution in [1.29, 1.82) is 0 Å². The highest BCUT2D eigenvalue weighted by molar-refractivity contribution is 5.77. The van der Waals surface area contributed by atoms with Gasteiger partial charge >= 0.3 is 0 Å². The van der Waals surface area contributed by atoms with Gasteiger partial charge in [-0.25, -0.2) is 0 Å². The smallest absolute Gasteiger partial charge is 0.234 e. The highest BCUT2D eigenvalue weighted by Gasteiger charge is 2.18. The summed E-state index contributed by atoms with van der Waals surface area (Å²) >= 11 is 0. The number of benzene rings is 1. The van der Waals surface area contributed by atoms with E-state index in [2.05, 4.69) is 46.3 Å². The average Bonchev–Trinajstić information content (AvgIpc) is 2.50. The number of hydrogen-bond acceptors (Lipinski definition) is 4. The Morgan fingerprint density at radius 2 is 1.95 bits per heavy atom. The van der Waals surface area contributed by atoms with Crippen molar-refractivity contribution in [2.75, 3.05) is 53.0 Å². The molecule has 122 valence electrons. The second kappa shape index (κ2) is 8.88. The Morgan fingerprint density at radius 3 is 2.64 bits per heavy atom. The number of amides is 1. The number of rotatable bonds is 7. The molecule has 0 atom stereocenters. The number of methoxy groups -OCH3 is 1. The number of hydrogen-bond donors (Lipinski definition) is 1. The van der Waals surface area contributed by atoms with Crippen LogP contribution in [0, 0.1) is 6.92 Å². The van der Waals surface area contributed by atoms with Crippen molar-refractivity contribution in [3.05, 3.63) is 35.4 Å². The van der Waals surface area contributed by atoms with Gasteiger partial charge in [-0.15, -0.1) is 0 Å². The Bertz CT molecular complexity index is 471. The van der Waals surface area contributed by atoms with Crippen LogP contribution in [0.3, 0.4) is 0 Å². The van der Waals surface area contributed by atoms with Gasteiger partial charge in [0.1, 0.15) is 0 Å². The Balaban J connectivity index is 1.68. The topological polar surface area (TPSA) is 44.8 Å². The van der Waals surface area contributed by atoms with Crippen LogP contribution in [0.25, 0.3) is 0 Å². The molecule has 0 unspecified atom stereocenters. The van der Waals surface area contributed by atoms with Gasteiger partial charge in [0.15, 0.2) is 0 Å². The number of nitrogens with one attached hydrogen (secondary N) is 1. The zero-order chi connectivity index (χ0) is 15.8. The lowest BCUT2D eigenvalue weighted by atomic mass is 10.1. The fraction of sp³-hybridized carbons (Fsp3) is 0.588. The van der Waals surface area contributed by atoms with Gasteiger partial charge in [-0.05, 0) is 12.5 Å². The largest absolute Gasteiger partial charge is 0.383 e. The number of piperazine rings is 1. The molecule has 0 spiro atoms. The van der Waals surface area contributed by atoms with Crippen LogP contribution in [0.2, 0.25) is 0 Å². The summed E-state index contributed by atoms with van der Waals surface area (Å²) in [5, 5.41) is 2.87. The maximum Gasteiger partial charge on any atom is 0.234 e. The van der Waals surface area contributed by atoms with E-state index in [0.717, 1.165) is 32.7 Å². The van der Waals surface area contributed by atoms with Crippen LogP contribution in [0.15, 0.2) is 24.3 Å². The van der Waals surface area contributed by atoms with Gasteiger partial charge in [0.05, 0.1) is 13.2 Å². The minimum Gasteiger partial charge on any atom is -0.383 e. The summed E-state index contributed by atoms with van der Waals surface area (Å²) in [4.78, 5) is 16.4. The summed E-state index contributed by atoms with van der Waals surface area (Å²) in [6.07, 6.45) is 0. The van der Waals surface area contributed by atoms with Gasteiger partial charge < -0.3 is 10.1 Å². The van der Waals surface area contributed by atoms with Gasteiger partial charge in [-0.3, -0.25) is 14.6 Å². The van der Waals surface area contributed by atoms with Crippen molar-refractivity contribution >= 4 is 5.91 Å². The molecule has 2 rings (SSSR count). The summed E-state index contributed by atoms with van der Waals surface area (Å²) in [7, 11) is 1.64. The average molecular weight is 305 g/mol. The number of ether oxygens (including phenoxy) is 1. The molecule has 1 aliphatic heterocycles. The summed E-state index contributed by atoms with van der Waals surface area (Å²) in [6.45, 7) is 8.69. The second-order valence-electron chi connectivity index (χ2n) is 5.88. The van der Waals surface area contributed by atoms with Crippen LogP contribution in [-0.2, 0) is 16.1 Å². The Labute approximate surface area is 133 Å². The summed E-state index contributed by atoms with van der Waals surface area (Å²) in [5.74, 6) is 0.0872. The fourth-order valence-electron chi connectivity index (χ4n) is 2.73. The van der Waals surface area contributed by atoms with Crippen LogP contribution < -0.4 is 5.32 Å². The van der Waals surface area contributed by atoms with Crippen LogP contribution in [-0.4, -0.2) is 68.7 Å². The molecule has 1 fully saturated rings. The number of nitrogens with zero attached hydrogens (tertiary/aromatic N) is 2. The first-order chi connectivity index (χ1) is 10.7. The molecule has 0 aromatic heterocycles. The van der Waals surface area contributed by atoms with Gasteiger partial charge in [-0.2, -0.15) is 0 Å². The van der Waals surface area contributed by atoms with Crippen LogP contribution in [0.5, 0.6) is 0 Å². The molecular formula is C17H27N3O2. The molecule has 1 aromatic carbocycles. The number of carbonyl (C=O) groups is 1. The van der Waals surface area contributed by atoms with E-state index in [1.165, 1.54) is 11.1 Å². The lowest BCUT2D eigenvalue weighted by Crippen LogP contribution is -2.49. The molecule has 1 aromatic rings. The zero-order valence-electron chi connectivity index (χ0n) is 13.7. The molecule has 5 heteroatoms. The molecular weight excluding hydrogens is 278 g/mol. The molecule has 1 N–H and O–H groups in total. The van der Waals surface area contributed by atoms with Crippen molar-refractivity contribution in [3.8, 4) is 0 Å². The Kier molecular flexibility index (Phi) is 6.83. The molecule has 0 saturated carbocycles. The molecule has 1 amide bonds. The van der Waals surface area contributed by atoms with Crippen molar-refractivity contribution in [3.63, 3.8) is 0 Å². The lowest BCUT2D eigenvalue weighted by molar-refractivity contribution is -0.122. The summed E-state index contributed by atoms with van der Waals surface area (Å²) < 4.78 is 4.93. The van der Waals surface area contributed by atoms with Crippen molar-refractivity contribution in [2.45, 2.75) is 13.5 Å². The monoisotopic (exact) mass is 305 g/mol. The molecule has 1 saturated heterocycles. The van der Waals surface area contributed by atoms with E-state index < -0.39 is 0 Å². The van der Waals surface area contributed by atoms with E-state index in [1.54, 1.807) is 7.11 Å². The molecule has 1 aliphatic rings. The molecule has 0 aliphatic carbocycles. The minimum atomic E-state index is 0.0872. The highest BCUT2D eigenvalue weighted by atomic mass is 16.5. The zero-order valence-corrected chi connectivity index (χ0v) is 13.7. The quantitative estimate of drug-likeness (QED) is 0.760. The van der Waals surface area contributed by atoms with Crippen molar-refractivity contribution in [1.82, 2.24) is 15.1 Å². The summed E-state index contributed by atoms with van der Waals surface area (Å²) in [6, 6.07) is 8.67. The van der Waals surface area contributed by atoms with E-state index in [9.17, 15) is 4.79 Å². The van der Waals surface area contributed by atoms with Gasteiger partial charge in [0.25, 0.3) is 0 Å². The standard InChI is InChI=1S/C17H27N3O2/c1-15-4-3-5-16(12-15)13-19-7-9-20(10-8-19)14-17(21)18-6-11-22-2/h3-5,12H,6-11,13-14H2,1-2H3,(H,18,21). The Morgan fingerprint density at radius 1 is 1.23 bits per heavy atom. The highest BCUT2D eigenvalue weighted by Crippen LogP contribution is 2.10. The molecule has 0 bridgehead atoms. The predicted molar refractivity (Wildman–Crippen MR) is 87.8 cm³/mol. The Hall–Kier alpha value is -1.43. The van der Waals surface area contributed by atoms with Crippen LogP contribution >= 0.6 is 0 Å². The first kappa shape index (κ1) is 16.9. The number of carbonyl (C=O) groups excluding carboxylic acids is 1. The molecule has 1 heterocycles. The van der Waals surface area contributed by atoms with Crippen LogP contribution in [0.4, 0.5) is 0 Å². The SMILES string of the molecule is COCCNC(=O)CN1CCN(Cc2cccc(C)c2)CC1. The number of aryl methyl sites for hydroxylation is 1. The first-order valence-electron chi connectivity index (χ1n) is 7.93. The van der Waals surface area contributed by atoms with Crippen LogP contribution in [0.1, 0.15) is 11.1 Å². The normalized spacial score (nSPS) is 16.6. The lowest BCUT2D eigenvalue weighted by Gasteiger charge is -2.34. The third-order valence-corrected chi connectivity index (χ3v) is 3.95. The maximum atomic E-state index is 11.8. The van der Waals surface area contributed by atoms with E-state index >= 15 is 0 Å². The van der Waals surface area contributed by atoms with Gasteiger partial charge in [0.2, 0.25) is 5.91 Å². The maximum absolute atomic E-state index is 11.8. The van der Waals surface area contributed by atoms with E-state index in [0.29, 0.717) is 19.7 Å². The first-order valence-corrected chi connectivity index (χ1v) is 7.93. The minimum absolute atomic E-state index is 0.0872. The summed E-state index contributed by atoms with van der Waals surface area (Å²) in [5.41, 5.74) is 2.68. The third-order valence-electron chi connectivity index (χ3n) is 3.95. The van der Waals surface area contributed by atoms with E-state index in [-0.39, 0.29) is 5.91 Å². The molecule has 22 heavy (non-hydrogen) atoms. The van der Waals surface area contributed by atoms with Crippen molar-refractivity contribution in [2.24, 2.45) is 0 Å². The fourth-order valence-corrected chi connectivity index (χ4v) is 2.73. The van der Waals surface area contributed by atoms with Gasteiger partial charge in [-0.1, -0.05) is 29.8 Å². The molecule has 5 nitrogen and oxygen atoms in total. The third kappa shape index (κ3) is 5.75. The predicted octanol–water partition coefficient (Wildman–Crippen LogP) is 0.875.